The highest BCUT2D eigenvalue weighted by Crippen LogP contribution is 2.25. The third-order valence-electron chi connectivity index (χ3n) is 3.83. The molecule has 0 saturated carbocycles. The van der Waals surface area contributed by atoms with Gasteiger partial charge in [0.15, 0.2) is 0 Å². The van der Waals surface area contributed by atoms with Crippen molar-refractivity contribution < 1.29 is 14.4 Å². The summed E-state index contributed by atoms with van der Waals surface area (Å²) in [7, 11) is 0. The predicted octanol–water partition coefficient (Wildman–Crippen LogP) is 1.26. The number of thiophene rings is 1. The molecule has 0 bridgehead atoms. The van der Waals surface area contributed by atoms with Gasteiger partial charge in [0, 0.05) is 24.0 Å². The first-order chi connectivity index (χ1) is 9.99. The Hall–Kier alpha value is -1.73. The molecule has 21 heavy (non-hydrogen) atoms. The number of rotatable bonds is 3. The number of amides is 4. The van der Waals surface area contributed by atoms with Gasteiger partial charge in [0.1, 0.15) is 0 Å². The second-order valence-electron chi connectivity index (χ2n) is 5.60. The predicted molar refractivity (Wildman–Crippen MR) is 77.5 cm³/mol. The Balaban J connectivity index is 1.73. The minimum atomic E-state index is -0.719. The summed E-state index contributed by atoms with van der Waals surface area (Å²) in [6.07, 6.45) is 0.922. The maximum absolute atomic E-state index is 12.2. The number of imide groups is 2. The first-order valence-corrected chi connectivity index (χ1v) is 7.83. The molecule has 4 amide bonds. The summed E-state index contributed by atoms with van der Waals surface area (Å²) in [5.74, 6) is -1.44. The van der Waals surface area contributed by atoms with Crippen molar-refractivity contribution >= 4 is 29.2 Å². The maximum Gasteiger partial charge on any atom is 0.335 e. The van der Waals surface area contributed by atoms with Crippen molar-refractivity contribution in [1.82, 2.24) is 14.7 Å². The SMILES string of the molecule is CC(C)N1C(=O)C(=O)N(CN2CCc3sccc3C2)C1=O. The van der Waals surface area contributed by atoms with Crippen LogP contribution in [0, 0.1) is 0 Å². The van der Waals surface area contributed by atoms with Gasteiger partial charge in [0.2, 0.25) is 0 Å². The molecule has 0 spiro atoms. The molecule has 112 valence electrons. The van der Waals surface area contributed by atoms with Gasteiger partial charge in [-0.3, -0.25) is 19.4 Å². The highest BCUT2D eigenvalue weighted by atomic mass is 32.1. The Morgan fingerprint density at radius 3 is 2.67 bits per heavy atom. The van der Waals surface area contributed by atoms with Gasteiger partial charge in [0.25, 0.3) is 0 Å². The molecule has 1 aromatic heterocycles. The van der Waals surface area contributed by atoms with E-state index >= 15 is 0 Å². The van der Waals surface area contributed by atoms with E-state index in [4.69, 9.17) is 0 Å². The largest absolute Gasteiger partial charge is 0.335 e. The Labute approximate surface area is 126 Å². The minimum absolute atomic E-state index is 0.182. The third-order valence-corrected chi connectivity index (χ3v) is 4.85. The van der Waals surface area contributed by atoms with E-state index in [0.29, 0.717) is 6.54 Å². The fourth-order valence-electron chi connectivity index (χ4n) is 2.73. The lowest BCUT2D eigenvalue weighted by molar-refractivity contribution is -0.144. The van der Waals surface area contributed by atoms with Gasteiger partial charge in [-0.2, -0.15) is 0 Å². The van der Waals surface area contributed by atoms with Gasteiger partial charge in [0.05, 0.1) is 6.67 Å². The quantitative estimate of drug-likeness (QED) is 0.623. The highest BCUT2D eigenvalue weighted by molar-refractivity contribution is 7.10. The Bertz CT molecular complexity index is 610. The van der Waals surface area contributed by atoms with Gasteiger partial charge in [-0.05, 0) is 37.3 Å². The fraction of sp³-hybridized carbons (Fsp3) is 0.500. The second kappa shape index (κ2) is 5.23. The lowest BCUT2D eigenvalue weighted by atomic mass is 10.1. The molecular weight excluding hydrogens is 290 g/mol. The van der Waals surface area contributed by atoms with Gasteiger partial charge >= 0.3 is 17.8 Å². The minimum Gasteiger partial charge on any atom is -0.281 e. The summed E-state index contributed by atoms with van der Waals surface area (Å²) in [4.78, 5) is 41.6. The molecule has 6 nitrogen and oxygen atoms in total. The third kappa shape index (κ3) is 2.36. The average Bonchev–Trinajstić information content (AvgIpc) is 2.97. The van der Waals surface area contributed by atoms with E-state index in [0.717, 1.165) is 22.8 Å². The first-order valence-electron chi connectivity index (χ1n) is 6.95. The molecule has 0 unspecified atom stereocenters. The summed E-state index contributed by atoms with van der Waals surface area (Å²) >= 11 is 1.74. The van der Waals surface area contributed by atoms with E-state index in [9.17, 15) is 14.4 Å². The van der Waals surface area contributed by atoms with Crippen LogP contribution >= 0.6 is 11.3 Å². The van der Waals surface area contributed by atoms with E-state index < -0.39 is 17.8 Å². The van der Waals surface area contributed by atoms with Crippen LogP contribution in [-0.4, -0.2) is 51.8 Å². The molecule has 2 aliphatic rings. The van der Waals surface area contributed by atoms with E-state index in [1.54, 1.807) is 25.2 Å². The smallest absolute Gasteiger partial charge is 0.281 e. The number of fused-ring (bicyclic) bond motifs is 1. The van der Waals surface area contributed by atoms with Crippen LogP contribution in [0.15, 0.2) is 11.4 Å². The molecule has 0 atom stereocenters. The zero-order chi connectivity index (χ0) is 15.1. The summed E-state index contributed by atoms with van der Waals surface area (Å²) in [5, 5.41) is 2.06. The van der Waals surface area contributed by atoms with Crippen LogP contribution in [0.3, 0.4) is 0 Å². The first kappa shape index (κ1) is 14.2. The Morgan fingerprint density at radius 2 is 2.00 bits per heavy atom. The Kier molecular flexibility index (Phi) is 3.54. The van der Waals surface area contributed by atoms with Crippen LogP contribution in [0.2, 0.25) is 0 Å². The number of hydrogen-bond donors (Lipinski definition) is 0. The molecule has 3 rings (SSSR count). The molecule has 0 radical (unpaired) electrons. The molecule has 7 heteroatoms. The average molecular weight is 307 g/mol. The van der Waals surface area contributed by atoms with Crippen LogP contribution in [-0.2, 0) is 22.6 Å². The Morgan fingerprint density at radius 1 is 1.24 bits per heavy atom. The van der Waals surface area contributed by atoms with E-state index in [2.05, 4.69) is 11.4 Å². The maximum atomic E-state index is 12.2. The number of carbonyl (C=O) groups is 3. The van der Waals surface area contributed by atoms with E-state index in [1.807, 2.05) is 4.90 Å². The van der Waals surface area contributed by atoms with E-state index in [-0.39, 0.29) is 12.7 Å². The van der Waals surface area contributed by atoms with Crippen LogP contribution in [0.1, 0.15) is 24.3 Å². The van der Waals surface area contributed by atoms with Crippen LogP contribution in [0.4, 0.5) is 4.79 Å². The molecule has 0 aliphatic carbocycles. The van der Waals surface area contributed by atoms with Crippen LogP contribution in [0.5, 0.6) is 0 Å². The van der Waals surface area contributed by atoms with Crippen molar-refractivity contribution in [1.29, 1.82) is 0 Å². The monoisotopic (exact) mass is 307 g/mol. The van der Waals surface area contributed by atoms with Gasteiger partial charge < -0.3 is 0 Å². The van der Waals surface area contributed by atoms with Crippen molar-refractivity contribution in [3.05, 3.63) is 21.9 Å². The van der Waals surface area contributed by atoms with Gasteiger partial charge in [-0.1, -0.05) is 0 Å². The second-order valence-corrected chi connectivity index (χ2v) is 6.60. The molecule has 1 aromatic rings. The topological polar surface area (TPSA) is 60.9 Å². The summed E-state index contributed by atoms with van der Waals surface area (Å²) in [5.41, 5.74) is 1.25. The fourth-order valence-corrected chi connectivity index (χ4v) is 3.62. The van der Waals surface area contributed by atoms with Crippen molar-refractivity contribution in [2.24, 2.45) is 0 Å². The number of urea groups is 1. The molecule has 3 heterocycles. The summed E-state index contributed by atoms with van der Waals surface area (Å²) in [6.45, 7) is 5.14. The van der Waals surface area contributed by atoms with Gasteiger partial charge in [-0.25, -0.2) is 9.69 Å². The zero-order valence-electron chi connectivity index (χ0n) is 12.0. The molecule has 0 N–H and O–H groups in total. The van der Waals surface area contributed by atoms with Crippen LogP contribution in [0.25, 0.3) is 0 Å². The van der Waals surface area contributed by atoms with Crippen LogP contribution < -0.4 is 0 Å². The van der Waals surface area contributed by atoms with Crippen molar-refractivity contribution in [2.75, 3.05) is 13.2 Å². The summed E-state index contributed by atoms with van der Waals surface area (Å²) in [6, 6.07) is 1.27. The lowest BCUT2D eigenvalue weighted by Crippen LogP contribution is -2.44. The number of hydrogen-bond acceptors (Lipinski definition) is 5. The summed E-state index contributed by atoms with van der Waals surface area (Å²) < 4.78 is 0. The van der Waals surface area contributed by atoms with Gasteiger partial charge in [-0.15, -0.1) is 11.3 Å². The molecule has 1 fully saturated rings. The normalized spacial score (nSPS) is 19.9. The van der Waals surface area contributed by atoms with Crippen molar-refractivity contribution in [3.8, 4) is 0 Å². The lowest BCUT2D eigenvalue weighted by Gasteiger charge is -2.29. The molecule has 0 aromatic carbocycles. The molecule has 1 saturated heterocycles. The number of nitrogens with zero attached hydrogens (tertiary/aromatic N) is 3. The standard InChI is InChI=1S/C14H17N3O3S/c1-9(2)17-13(19)12(18)16(14(17)20)8-15-5-3-11-10(7-15)4-6-21-11/h4,6,9H,3,5,7-8H2,1-2H3. The number of carbonyl (C=O) groups excluding carboxylic acids is 3. The van der Waals surface area contributed by atoms with Crippen molar-refractivity contribution in [2.45, 2.75) is 32.9 Å². The zero-order valence-corrected chi connectivity index (χ0v) is 12.9. The molecule has 2 aliphatic heterocycles. The molecular formula is C14H17N3O3S. The highest BCUT2D eigenvalue weighted by Gasteiger charge is 2.46. The van der Waals surface area contributed by atoms with E-state index in [1.165, 1.54) is 10.4 Å². The van der Waals surface area contributed by atoms with Crippen molar-refractivity contribution in [3.63, 3.8) is 0 Å².